The van der Waals surface area contributed by atoms with Crippen molar-refractivity contribution in [1.29, 1.82) is 0 Å². The number of halogens is 1. The van der Waals surface area contributed by atoms with Gasteiger partial charge in [-0.15, -0.1) is 11.3 Å². The molecule has 1 heterocycles. The van der Waals surface area contributed by atoms with Gasteiger partial charge < -0.3 is 5.11 Å². The van der Waals surface area contributed by atoms with Crippen LogP contribution in [0.4, 0.5) is 0 Å². The Morgan fingerprint density at radius 2 is 2.36 bits per heavy atom. The summed E-state index contributed by atoms with van der Waals surface area (Å²) < 4.78 is 0.679. The summed E-state index contributed by atoms with van der Waals surface area (Å²) in [6, 6.07) is 3.59. The number of hydrogen-bond acceptors (Lipinski definition) is 3. The maximum atomic E-state index is 11.4. The lowest BCUT2D eigenvalue weighted by Crippen LogP contribution is -2.21. The zero-order valence-corrected chi connectivity index (χ0v) is 9.57. The van der Waals surface area contributed by atoms with Gasteiger partial charge in [0.15, 0.2) is 5.78 Å². The fourth-order valence-electron chi connectivity index (χ4n) is 1.17. The summed E-state index contributed by atoms with van der Waals surface area (Å²) in [5.74, 6) is -0.120. The van der Waals surface area contributed by atoms with Crippen molar-refractivity contribution in [3.63, 3.8) is 0 Å². The highest BCUT2D eigenvalue weighted by atomic mass is 35.5. The smallest absolute Gasteiger partial charge is 0.166 e. The standard InChI is InChI=1S/C10H13ClO2S/c1-2-3-8(12)9(13)6-7-4-5-10(11)14-7/h4-5,8,12H,2-3,6H2,1H3. The number of ketones is 1. The third-order valence-corrected chi connectivity index (χ3v) is 3.14. The fraction of sp³-hybridized carbons (Fsp3) is 0.500. The van der Waals surface area contributed by atoms with Crippen LogP contribution in [-0.2, 0) is 11.2 Å². The Balaban J connectivity index is 2.48. The third kappa shape index (κ3) is 3.40. The van der Waals surface area contributed by atoms with Crippen LogP contribution in [0.5, 0.6) is 0 Å². The van der Waals surface area contributed by atoms with Crippen molar-refractivity contribution in [3.8, 4) is 0 Å². The highest BCUT2D eigenvalue weighted by molar-refractivity contribution is 7.16. The minimum Gasteiger partial charge on any atom is -0.385 e. The van der Waals surface area contributed by atoms with Gasteiger partial charge in [-0.25, -0.2) is 0 Å². The van der Waals surface area contributed by atoms with Crippen molar-refractivity contribution in [1.82, 2.24) is 0 Å². The molecule has 0 aliphatic rings. The van der Waals surface area contributed by atoms with Crippen LogP contribution in [0.25, 0.3) is 0 Å². The highest BCUT2D eigenvalue weighted by Gasteiger charge is 2.14. The lowest BCUT2D eigenvalue weighted by molar-refractivity contribution is -0.126. The first-order valence-electron chi connectivity index (χ1n) is 4.58. The van der Waals surface area contributed by atoms with E-state index in [4.69, 9.17) is 11.6 Å². The first-order valence-corrected chi connectivity index (χ1v) is 5.78. The van der Waals surface area contributed by atoms with Crippen LogP contribution in [0.15, 0.2) is 12.1 Å². The Morgan fingerprint density at radius 3 is 2.86 bits per heavy atom. The summed E-state index contributed by atoms with van der Waals surface area (Å²) in [5.41, 5.74) is 0. The molecule has 4 heteroatoms. The molecule has 0 spiro atoms. The summed E-state index contributed by atoms with van der Waals surface area (Å²) in [6.45, 7) is 1.94. The molecule has 78 valence electrons. The van der Waals surface area contributed by atoms with E-state index in [1.165, 1.54) is 11.3 Å². The number of carbonyl (C=O) groups excluding carboxylic acids is 1. The molecular formula is C10H13ClO2S. The number of aliphatic hydroxyl groups is 1. The van der Waals surface area contributed by atoms with Crippen LogP contribution in [0.2, 0.25) is 4.34 Å². The molecule has 0 aromatic carbocycles. The second-order valence-corrected chi connectivity index (χ2v) is 4.95. The first-order chi connectivity index (χ1) is 6.63. The highest BCUT2D eigenvalue weighted by Crippen LogP contribution is 2.22. The van der Waals surface area contributed by atoms with Gasteiger partial charge in [-0.1, -0.05) is 24.9 Å². The predicted molar refractivity (Wildman–Crippen MR) is 59.0 cm³/mol. The molecule has 0 aliphatic carbocycles. The van der Waals surface area contributed by atoms with E-state index in [9.17, 15) is 9.90 Å². The molecule has 14 heavy (non-hydrogen) atoms. The monoisotopic (exact) mass is 232 g/mol. The van der Waals surface area contributed by atoms with Gasteiger partial charge in [-0.2, -0.15) is 0 Å². The first kappa shape index (κ1) is 11.7. The van der Waals surface area contributed by atoms with Crippen molar-refractivity contribution in [2.24, 2.45) is 0 Å². The fourth-order valence-corrected chi connectivity index (χ4v) is 2.27. The largest absolute Gasteiger partial charge is 0.385 e. The molecular weight excluding hydrogens is 220 g/mol. The number of thiophene rings is 1. The summed E-state index contributed by atoms with van der Waals surface area (Å²) in [5, 5.41) is 9.41. The van der Waals surface area contributed by atoms with Crippen molar-refractivity contribution in [2.45, 2.75) is 32.3 Å². The molecule has 0 saturated heterocycles. The van der Waals surface area contributed by atoms with E-state index < -0.39 is 6.10 Å². The van der Waals surface area contributed by atoms with Crippen LogP contribution < -0.4 is 0 Å². The topological polar surface area (TPSA) is 37.3 Å². The molecule has 0 bridgehead atoms. The van der Waals surface area contributed by atoms with Gasteiger partial charge in [0.05, 0.1) is 4.34 Å². The Morgan fingerprint density at radius 1 is 1.64 bits per heavy atom. The number of hydrogen-bond donors (Lipinski definition) is 1. The molecule has 0 saturated carbocycles. The summed E-state index contributed by atoms with van der Waals surface area (Å²) in [4.78, 5) is 12.3. The van der Waals surface area contributed by atoms with E-state index in [2.05, 4.69) is 0 Å². The minimum absolute atomic E-state index is 0.120. The average Bonchev–Trinajstić information content (AvgIpc) is 2.51. The van der Waals surface area contributed by atoms with E-state index in [-0.39, 0.29) is 5.78 Å². The van der Waals surface area contributed by atoms with E-state index >= 15 is 0 Å². The van der Waals surface area contributed by atoms with Gasteiger partial charge in [-0.3, -0.25) is 4.79 Å². The molecule has 1 aromatic heterocycles. The van der Waals surface area contributed by atoms with Gasteiger partial charge >= 0.3 is 0 Å². The maximum absolute atomic E-state index is 11.4. The summed E-state index contributed by atoms with van der Waals surface area (Å²) >= 11 is 7.11. The molecule has 1 N–H and O–H groups in total. The Kier molecular flexibility index (Phi) is 4.58. The SMILES string of the molecule is CCCC(O)C(=O)Cc1ccc(Cl)s1. The van der Waals surface area contributed by atoms with Crippen LogP contribution in [0.3, 0.4) is 0 Å². The van der Waals surface area contributed by atoms with Crippen molar-refractivity contribution in [3.05, 3.63) is 21.3 Å². The second-order valence-electron chi connectivity index (χ2n) is 3.15. The van der Waals surface area contributed by atoms with E-state index in [1.54, 1.807) is 6.07 Å². The van der Waals surface area contributed by atoms with Gasteiger partial charge in [0.25, 0.3) is 0 Å². The molecule has 1 aromatic rings. The number of carbonyl (C=O) groups is 1. The van der Waals surface area contributed by atoms with Crippen molar-refractivity contribution in [2.75, 3.05) is 0 Å². The molecule has 1 rings (SSSR count). The number of Topliss-reactive ketones (excluding diaryl/α,β-unsaturated/α-hetero) is 1. The van der Waals surface area contributed by atoms with Gasteiger partial charge in [0, 0.05) is 11.3 Å². The lowest BCUT2D eigenvalue weighted by atomic mass is 10.1. The van der Waals surface area contributed by atoms with Gasteiger partial charge in [0.2, 0.25) is 0 Å². The normalized spacial score (nSPS) is 12.8. The zero-order valence-electron chi connectivity index (χ0n) is 8.00. The van der Waals surface area contributed by atoms with Crippen molar-refractivity contribution < 1.29 is 9.90 Å². The average molecular weight is 233 g/mol. The van der Waals surface area contributed by atoms with Crippen LogP contribution in [0, 0.1) is 0 Å². The maximum Gasteiger partial charge on any atom is 0.166 e. The third-order valence-electron chi connectivity index (χ3n) is 1.91. The van der Waals surface area contributed by atoms with E-state index in [0.717, 1.165) is 11.3 Å². The quantitative estimate of drug-likeness (QED) is 0.848. The Hall–Kier alpha value is -0.380. The Labute approximate surface area is 92.5 Å². The van der Waals surface area contributed by atoms with Gasteiger partial charge in [-0.05, 0) is 18.6 Å². The Bertz CT molecular complexity index is 309. The predicted octanol–water partition coefficient (Wildman–Crippen LogP) is 2.67. The molecule has 1 atom stereocenters. The van der Waals surface area contributed by atoms with E-state index in [0.29, 0.717) is 17.2 Å². The minimum atomic E-state index is -0.819. The summed E-state index contributed by atoms with van der Waals surface area (Å²) in [7, 11) is 0. The van der Waals surface area contributed by atoms with E-state index in [1.807, 2.05) is 13.0 Å². The lowest BCUT2D eigenvalue weighted by Gasteiger charge is -2.06. The molecule has 0 radical (unpaired) electrons. The second kappa shape index (κ2) is 5.49. The number of aliphatic hydroxyl groups excluding tert-OH is 1. The number of rotatable bonds is 5. The zero-order chi connectivity index (χ0) is 10.6. The molecule has 0 fully saturated rings. The van der Waals surface area contributed by atoms with Crippen LogP contribution in [0.1, 0.15) is 24.6 Å². The van der Waals surface area contributed by atoms with Gasteiger partial charge in [0.1, 0.15) is 6.10 Å². The van der Waals surface area contributed by atoms with Crippen LogP contribution >= 0.6 is 22.9 Å². The molecule has 2 nitrogen and oxygen atoms in total. The molecule has 1 unspecified atom stereocenters. The van der Waals surface area contributed by atoms with Crippen LogP contribution in [-0.4, -0.2) is 17.0 Å². The van der Waals surface area contributed by atoms with Crippen molar-refractivity contribution >= 4 is 28.7 Å². The molecule has 0 aliphatic heterocycles. The summed E-state index contributed by atoms with van der Waals surface area (Å²) in [6.07, 6.45) is 0.829. The molecule has 0 amide bonds.